The summed E-state index contributed by atoms with van der Waals surface area (Å²) in [5.41, 5.74) is 2.44. The number of nitriles is 1. The van der Waals surface area contributed by atoms with Crippen LogP contribution in [0, 0.1) is 11.3 Å². The van der Waals surface area contributed by atoms with Gasteiger partial charge < -0.3 is 10.3 Å². The second-order valence-corrected chi connectivity index (χ2v) is 4.10. The van der Waals surface area contributed by atoms with Gasteiger partial charge in [-0.3, -0.25) is 0 Å². The van der Waals surface area contributed by atoms with Crippen LogP contribution in [0.2, 0.25) is 0 Å². The molecule has 92 valence electrons. The molecule has 0 unspecified atom stereocenters. The monoisotopic (exact) mass is 249 g/mol. The van der Waals surface area contributed by atoms with Crippen LogP contribution in [0.3, 0.4) is 0 Å². The zero-order chi connectivity index (χ0) is 13.1. The second kappa shape index (κ2) is 4.78. The fourth-order valence-electron chi connectivity index (χ4n) is 1.96. The summed E-state index contributed by atoms with van der Waals surface area (Å²) in [5, 5.41) is 13.2. The molecular formula is C14H11N5. The van der Waals surface area contributed by atoms with E-state index in [2.05, 4.69) is 32.4 Å². The van der Waals surface area contributed by atoms with E-state index in [9.17, 15) is 0 Å². The van der Waals surface area contributed by atoms with Crippen LogP contribution in [0.15, 0.2) is 42.7 Å². The molecule has 0 aliphatic rings. The van der Waals surface area contributed by atoms with Gasteiger partial charge in [0.05, 0.1) is 6.54 Å². The minimum absolute atomic E-state index is 0.304. The molecule has 0 aliphatic heterocycles. The molecule has 3 rings (SSSR count). The Kier molecular flexibility index (Phi) is 2.83. The number of aromatic nitrogens is 3. The summed E-state index contributed by atoms with van der Waals surface area (Å²) < 4.78 is 0. The lowest BCUT2D eigenvalue weighted by Gasteiger charge is -2.04. The summed E-state index contributed by atoms with van der Waals surface area (Å²) in [5.74, 6) is 0.503. The number of hydrogen-bond acceptors (Lipinski definition) is 4. The van der Waals surface area contributed by atoms with Gasteiger partial charge in [0.1, 0.15) is 6.07 Å². The quantitative estimate of drug-likeness (QED) is 0.747. The van der Waals surface area contributed by atoms with Gasteiger partial charge in [-0.05, 0) is 17.5 Å². The highest BCUT2D eigenvalue weighted by molar-refractivity contribution is 5.80. The van der Waals surface area contributed by atoms with Crippen molar-refractivity contribution >= 4 is 16.7 Å². The number of benzene rings is 1. The Morgan fingerprint density at radius 1 is 1.21 bits per heavy atom. The van der Waals surface area contributed by atoms with Crippen molar-refractivity contribution in [3.05, 3.63) is 54.1 Å². The van der Waals surface area contributed by atoms with Crippen molar-refractivity contribution in [2.24, 2.45) is 0 Å². The van der Waals surface area contributed by atoms with Gasteiger partial charge in [-0.1, -0.05) is 18.2 Å². The molecule has 5 nitrogen and oxygen atoms in total. The summed E-state index contributed by atoms with van der Waals surface area (Å²) in [6.45, 7) is 0.571. The number of nitrogens with one attached hydrogen (secondary N) is 2. The molecule has 0 fully saturated rings. The number of fused-ring (bicyclic) bond motifs is 1. The van der Waals surface area contributed by atoms with Crippen molar-refractivity contribution < 1.29 is 0 Å². The van der Waals surface area contributed by atoms with E-state index >= 15 is 0 Å². The summed E-state index contributed by atoms with van der Waals surface area (Å²) in [4.78, 5) is 11.4. The first-order chi connectivity index (χ1) is 9.36. The van der Waals surface area contributed by atoms with E-state index in [0.29, 0.717) is 18.1 Å². The topological polar surface area (TPSA) is 77.4 Å². The lowest BCUT2D eigenvalue weighted by molar-refractivity contribution is 1.04. The lowest BCUT2D eigenvalue weighted by Crippen LogP contribution is -2.04. The fourth-order valence-corrected chi connectivity index (χ4v) is 1.96. The van der Waals surface area contributed by atoms with Crippen molar-refractivity contribution in [3.63, 3.8) is 0 Å². The minimum atomic E-state index is 0.304. The molecule has 19 heavy (non-hydrogen) atoms. The van der Waals surface area contributed by atoms with E-state index in [1.807, 2.05) is 24.3 Å². The van der Waals surface area contributed by atoms with Crippen molar-refractivity contribution in [2.75, 3.05) is 5.32 Å². The number of H-pyrrole nitrogens is 1. The summed E-state index contributed by atoms with van der Waals surface area (Å²) in [7, 11) is 0. The van der Waals surface area contributed by atoms with Gasteiger partial charge in [-0.25, -0.2) is 9.97 Å². The standard InChI is InChI=1S/C14H11N5/c15-8-13-14(17-6-5-16-13)18-9-11-7-10-3-1-2-4-12(10)19-11/h1-7,19H,9H2,(H,17,18). The van der Waals surface area contributed by atoms with Crippen LogP contribution in [0.1, 0.15) is 11.4 Å². The van der Waals surface area contributed by atoms with Gasteiger partial charge in [0.2, 0.25) is 0 Å². The molecule has 2 heterocycles. The molecule has 0 amide bonds. The third-order valence-electron chi connectivity index (χ3n) is 2.84. The third kappa shape index (κ3) is 2.24. The predicted octanol–water partition coefficient (Wildman–Crippen LogP) is 2.44. The van der Waals surface area contributed by atoms with Gasteiger partial charge in [0, 0.05) is 23.6 Å². The smallest absolute Gasteiger partial charge is 0.182 e. The zero-order valence-corrected chi connectivity index (χ0v) is 10.1. The van der Waals surface area contributed by atoms with Crippen molar-refractivity contribution in [2.45, 2.75) is 6.54 Å². The Balaban J connectivity index is 1.81. The number of nitrogens with zero attached hydrogens (tertiary/aromatic N) is 3. The predicted molar refractivity (Wildman–Crippen MR) is 72.4 cm³/mol. The number of rotatable bonds is 3. The maximum Gasteiger partial charge on any atom is 0.182 e. The minimum Gasteiger partial charge on any atom is -0.362 e. The van der Waals surface area contributed by atoms with Crippen molar-refractivity contribution in [1.29, 1.82) is 5.26 Å². The zero-order valence-electron chi connectivity index (χ0n) is 10.1. The van der Waals surface area contributed by atoms with Gasteiger partial charge in [-0.2, -0.15) is 5.26 Å². The van der Waals surface area contributed by atoms with Crippen LogP contribution < -0.4 is 5.32 Å². The normalized spacial score (nSPS) is 10.3. The van der Waals surface area contributed by atoms with Crippen LogP contribution in [-0.4, -0.2) is 15.0 Å². The average molecular weight is 249 g/mol. The molecule has 0 atom stereocenters. The van der Waals surface area contributed by atoms with Crippen molar-refractivity contribution in [3.8, 4) is 6.07 Å². The Bertz CT molecular complexity index is 721. The van der Waals surface area contributed by atoms with E-state index in [1.54, 1.807) is 6.20 Å². The first-order valence-corrected chi connectivity index (χ1v) is 5.88. The van der Waals surface area contributed by atoms with Gasteiger partial charge in [0.25, 0.3) is 0 Å². The maximum absolute atomic E-state index is 8.93. The van der Waals surface area contributed by atoms with Crippen LogP contribution in [0.4, 0.5) is 5.82 Å². The highest BCUT2D eigenvalue weighted by atomic mass is 15.0. The van der Waals surface area contributed by atoms with Gasteiger partial charge >= 0.3 is 0 Å². The summed E-state index contributed by atoms with van der Waals surface area (Å²) >= 11 is 0. The van der Waals surface area contributed by atoms with Crippen LogP contribution in [-0.2, 0) is 6.54 Å². The first-order valence-electron chi connectivity index (χ1n) is 5.88. The first kappa shape index (κ1) is 11.2. The van der Waals surface area contributed by atoms with E-state index in [0.717, 1.165) is 11.2 Å². The Morgan fingerprint density at radius 3 is 2.89 bits per heavy atom. The molecular weight excluding hydrogens is 238 g/mol. The van der Waals surface area contributed by atoms with Gasteiger partial charge in [-0.15, -0.1) is 0 Å². The Hall–Kier alpha value is -2.87. The number of hydrogen-bond donors (Lipinski definition) is 2. The van der Waals surface area contributed by atoms with Crippen LogP contribution in [0.25, 0.3) is 10.9 Å². The molecule has 0 radical (unpaired) electrons. The largest absolute Gasteiger partial charge is 0.362 e. The second-order valence-electron chi connectivity index (χ2n) is 4.10. The maximum atomic E-state index is 8.93. The molecule has 0 bridgehead atoms. The van der Waals surface area contributed by atoms with E-state index < -0.39 is 0 Å². The molecule has 0 saturated heterocycles. The average Bonchev–Trinajstić information content (AvgIpc) is 2.88. The third-order valence-corrected chi connectivity index (χ3v) is 2.84. The van der Waals surface area contributed by atoms with E-state index in [-0.39, 0.29) is 0 Å². The lowest BCUT2D eigenvalue weighted by atomic mass is 10.2. The van der Waals surface area contributed by atoms with Gasteiger partial charge in [0.15, 0.2) is 11.5 Å². The number of para-hydroxylation sites is 1. The highest BCUT2D eigenvalue weighted by Crippen LogP contribution is 2.16. The Labute approximate surface area is 109 Å². The van der Waals surface area contributed by atoms with E-state index in [4.69, 9.17) is 5.26 Å². The van der Waals surface area contributed by atoms with Crippen molar-refractivity contribution in [1.82, 2.24) is 15.0 Å². The van der Waals surface area contributed by atoms with Crippen LogP contribution >= 0.6 is 0 Å². The van der Waals surface area contributed by atoms with E-state index in [1.165, 1.54) is 11.6 Å². The molecule has 0 spiro atoms. The Morgan fingerprint density at radius 2 is 2.05 bits per heavy atom. The molecule has 3 aromatic rings. The molecule has 1 aromatic carbocycles. The highest BCUT2D eigenvalue weighted by Gasteiger charge is 2.04. The number of aromatic amines is 1. The molecule has 0 saturated carbocycles. The van der Waals surface area contributed by atoms with Crippen LogP contribution in [0.5, 0.6) is 0 Å². The fraction of sp³-hybridized carbons (Fsp3) is 0.0714. The molecule has 2 aromatic heterocycles. The number of anilines is 1. The molecule has 2 N–H and O–H groups in total. The SMILES string of the molecule is N#Cc1nccnc1NCc1cc2ccccc2[nH]1. The summed E-state index contributed by atoms with van der Waals surface area (Å²) in [6, 6.07) is 12.2. The summed E-state index contributed by atoms with van der Waals surface area (Å²) in [6.07, 6.45) is 3.07. The molecule has 0 aliphatic carbocycles. The molecule has 5 heteroatoms.